The summed E-state index contributed by atoms with van der Waals surface area (Å²) in [5, 5.41) is 5.72. The second kappa shape index (κ2) is 8.01. The van der Waals surface area contributed by atoms with Crippen molar-refractivity contribution in [3.05, 3.63) is 60.1 Å². The van der Waals surface area contributed by atoms with Gasteiger partial charge >= 0.3 is 0 Å². The minimum atomic E-state index is -0.593. The molecular weight excluding hydrogens is 316 g/mol. The molecule has 2 aromatic rings. The summed E-state index contributed by atoms with van der Waals surface area (Å²) in [7, 11) is 0. The fourth-order valence-corrected chi connectivity index (χ4v) is 3.36. The molecule has 0 bridgehead atoms. The first-order valence-corrected chi connectivity index (χ1v) is 8.83. The molecule has 0 aliphatic heterocycles. The zero-order chi connectivity index (χ0) is 17.6. The summed E-state index contributed by atoms with van der Waals surface area (Å²) < 4.78 is 5.04. The zero-order valence-corrected chi connectivity index (χ0v) is 14.4. The number of carbonyl (C=O) groups is 2. The quantitative estimate of drug-likeness (QED) is 0.878. The first-order valence-electron chi connectivity index (χ1n) is 8.83. The average molecular weight is 340 g/mol. The third-order valence-electron chi connectivity index (χ3n) is 4.83. The molecule has 2 amide bonds. The van der Waals surface area contributed by atoms with E-state index in [1.807, 2.05) is 6.07 Å². The summed E-state index contributed by atoms with van der Waals surface area (Å²) >= 11 is 0. The molecule has 25 heavy (non-hydrogen) atoms. The summed E-state index contributed by atoms with van der Waals surface area (Å²) in [5.41, 5.74) is 1.38. The Bertz CT molecular complexity index is 689. The van der Waals surface area contributed by atoms with Gasteiger partial charge in [0.15, 0.2) is 5.76 Å². The van der Waals surface area contributed by atoms with Crippen LogP contribution < -0.4 is 10.6 Å². The standard InChI is InChI=1S/C20H24N2O3/c1-14(21-20(24)18-8-5-13-25-18)19(23)22-17-11-9-16(10-12-17)15-6-3-2-4-7-15/h2-8,13-14,16-17H,9-12H2,1H3,(H,21,24)(H,22,23)/t14-,16?,17?/m0/s1. The van der Waals surface area contributed by atoms with Crippen molar-refractivity contribution in [2.24, 2.45) is 0 Å². The Hall–Kier alpha value is -2.56. The van der Waals surface area contributed by atoms with Crippen LogP contribution >= 0.6 is 0 Å². The summed E-state index contributed by atoms with van der Waals surface area (Å²) in [6, 6.07) is 13.3. The molecule has 5 heteroatoms. The van der Waals surface area contributed by atoms with Crippen LogP contribution in [0.3, 0.4) is 0 Å². The highest BCUT2D eigenvalue weighted by molar-refractivity contribution is 5.95. The van der Waals surface area contributed by atoms with Crippen LogP contribution in [0.4, 0.5) is 0 Å². The number of rotatable bonds is 5. The lowest BCUT2D eigenvalue weighted by Crippen LogP contribution is -2.48. The molecule has 132 valence electrons. The third-order valence-corrected chi connectivity index (χ3v) is 4.83. The summed E-state index contributed by atoms with van der Waals surface area (Å²) in [6.45, 7) is 1.69. The van der Waals surface area contributed by atoms with Crippen LogP contribution in [0.25, 0.3) is 0 Å². The fraction of sp³-hybridized carbons (Fsp3) is 0.400. The van der Waals surface area contributed by atoms with Gasteiger partial charge in [-0.25, -0.2) is 0 Å². The molecule has 0 radical (unpaired) electrons. The van der Waals surface area contributed by atoms with Crippen LogP contribution in [0, 0.1) is 0 Å². The van der Waals surface area contributed by atoms with Crippen molar-refractivity contribution in [3.8, 4) is 0 Å². The highest BCUT2D eigenvalue weighted by Gasteiger charge is 2.25. The Morgan fingerprint density at radius 3 is 2.40 bits per heavy atom. The Balaban J connectivity index is 1.45. The lowest BCUT2D eigenvalue weighted by Gasteiger charge is -2.30. The molecule has 2 N–H and O–H groups in total. The molecule has 0 unspecified atom stereocenters. The van der Waals surface area contributed by atoms with Gasteiger partial charge in [-0.2, -0.15) is 0 Å². The van der Waals surface area contributed by atoms with E-state index in [0.29, 0.717) is 5.92 Å². The molecule has 1 aliphatic carbocycles. The Kier molecular flexibility index (Phi) is 5.53. The SMILES string of the molecule is C[C@H](NC(=O)c1ccco1)C(=O)NC1CCC(c2ccccc2)CC1. The number of furan rings is 1. The molecule has 1 aromatic heterocycles. The maximum absolute atomic E-state index is 12.3. The first-order chi connectivity index (χ1) is 12.1. The van der Waals surface area contributed by atoms with Gasteiger partial charge in [-0.15, -0.1) is 0 Å². The largest absolute Gasteiger partial charge is 0.459 e. The molecule has 1 aliphatic rings. The summed E-state index contributed by atoms with van der Waals surface area (Å²) in [5.74, 6) is 0.261. The van der Waals surface area contributed by atoms with Gasteiger partial charge in [-0.3, -0.25) is 9.59 Å². The number of carbonyl (C=O) groups excluding carboxylic acids is 2. The molecule has 1 saturated carbocycles. The van der Waals surface area contributed by atoms with E-state index in [2.05, 4.69) is 34.9 Å². The van der Waals surface area contributed by atoms with Crippen LogP contribution in [0.5, 0.6) is 0 Å². The second-order valence-electron chi connectivity index (χ2n) is 6.64. The van der Waals surface area contributed by atoms with E-state index < -0.39 is 6.04 Å². The summed E-state index contributed by atoms with van der Waals surface area (Å²) in [6.07, 6.45) is 5.50. The molecule has 5 nitrogen and oxygen atoms in total. The molecule has 3 rings (SSSR count). The van der Waals surface area contributed by atoms with Gasteiger partial charge in [0.05, 0.1) is 6.26 Å². The monoisotopic (exact) mass is 340 g/mol. The summed E-state index contributed by atoms with van der Waals surface area (Å²) in [4.78, 5) is 24.2. The van der Waals surface area contributed by atoms with Gasteiger partial charge in [0.1, 0.15) is 6.04 Å². The first kappa shape index (κ1) is 17.3. The molecule has 0 spiro atoms. The molecular formula is C20H24N2O3. The normalized spacial score (nSPS) is 21.3. The van der Waals surface area contributed by atoms with E-state index in [1.165, 1.54) is 11.8 Å². The highest BCUT2D eigenvalue weighted by atomic mass is 16.3. The van der Waals surface area contributed by atoms with Crippen molar-refractivity contribution in [2.75, 3.05) is 0 Å². The van der Waals surface area contributed by atoms with Crippen molar-refractivity contribution in [2.45, 2.75) is 50.6 Å². The predicted molar refractivity (Wildman–Crippen MR) is 95.2 cm³/mol. The van der Waals surface area contributed by atoms with E-state index in [0.717, 1.165) is 25.7 Å². The van der Waals surface area contributed by atoms with Crippen LogP contribution in [0.2, 0.25) is 0 Å². The van der Waals surface area contributed by atoms with Crippen molar-refractivity contribution >= 4 is 11.8 Å². The Labute approximate surface area is 147 Å². The van der Waals surface area contributed by atoms with Gasteiger partial charge in [0.25, 0.3) is 5.91 Å². The second-order valence-corrected chi connectivity index (χ2v) is 6.64. The smallest absolute Gasteiger partial charge is 0.287 e. The number of amides is 2. The zero-order valence-electron chi connectivity index (χ0n) is 14.4. The van der Waals surface area contributed by atoms with Crippen LogP contribution in [0.1, 0.15) is 54.6 Å². The number of hydrogen-bond acceptors (Lipinski definition) is 3. The number of hydrogen-bond donors (Lipinski definition) is 2. The maximum atomic E-state index is 12.3. The van der Waals surface area contributed by atoms with Crippen LogP contribution in [-0.4, -0.2) is 23.9 Å². The van der Waals surface area contributed by atoms with Crippen molar-refractivity contribution in [1.82, 2.24) is 10.6 Å². The van der Waals surface area contributed by atoms with E-state index >= 15 is 0 Å². The van der Waals surface area contributed by atoms with E-state index in [4.69, 9.17) is 4.42 Å². The van der Waals surface area contributed by atoms with Crippen LogP contribution in [-0.2, 0) is 4.79 Å². The average Bonchev–Trinajstić information content (AvgIpc) is 3.18. The number of nitrogens with one attached hydrogen (secondary N) is 2. The fourth-order valence-electron chi connectivity index (χ4n) is 3.36. The number of benzene rings is 1. The molecule has 0 saturated heterocycles. The third kappa shape index (κ3) is 4.50. The van der Waals surface area contributed by atoms with Gasteiger partial charge in [0, 0.05) is 6.04 Å². The minimum Gasteiger partial charge on any atom is -0.459 e. The molecule has 1 aromatic carbocycles. The highest BCUT2D eigenvalue weighted by Crippen LogP contribution is 2.32. The molecule has 1 heterocycles. The lowest BCUT2D eigenvalue weighted by molar-refractivity contribution is -0.123. The van der Waals surface area contributed by atoms with Gasteiger partial charge in [-0.1, -0.05) is 30.3 Å². The predicted octanol–water partition coefficient (Wildman–Crippen LogP) is 3.24. The van der Waals surface area contributed by atoms with E-state index in [1.54, 1.807) is 19.1 Å². The van der Waals surface area contributed by atoms with Crippen molar-refractivity contribution < 1.29 is 14.0 Å². The van der Waals surface area contributed by atoms with E-state index in [-0.39, 0.29) is 23.6 Å². The maximum Gasteiger partial charge on any atom is 0.287 e. The van der Waals surface area contributed by atoms with Gasteiger partial charge < -0.3 is 15.1 Å². The topological polar surface area (TPSA) is 71.3 Å². The van der Waals surface area contributed by atoms with Gasteiger partial charge in [0.2, 0.25) is 5.91 Å². The Morgan fingerprint density at radius 1 is 1.04 bits per heavy atom. The van der Waals surface area contributed by atoms with E-state index in [9.17, 15) is 9.59 Å². The molecule has 1 fully saturated rings. The Morgan fingerprint density at radius 2 is 1.76 bits per heavy atom. The minimum absolute atomic E-state index is 0.150. The van der Waals surface area contributed by atoms with Crippen molar-refractivity contribution in [1.29, 1.82) is 0 Å². The molecule has 1 atom stereocenters. The van der Waals surface area contributed by atoms with Gasteiger partial charge in [-0.05, 0) is 56.2 Å². The van der Waals surface area contributed by atoms with Crippen LogP contribution in [0.15, 0.2) is 53.1 Å². The lowest BCUT2D eigenvalue weighted by atomic mass is 9.82. The van der Waals surface area contributed by atoms with Crippen molar-refractivity contribution in [3.63, 3.8) is 0 Å².